The Kier molecular flexibility index (Phi) is 6.30. The average molecular weight is 431 g/mol. The van der Waals surface area contributed by atoms with Crippen LogP contribution in [0.5, 0.6) is 5.75 Å². The van der Waals surface area contributed by atoms with Gasteiger partial charge in [0, 0.05) is 6.54 Å². The van der Waals surface area contributed by atoms with Gasteiger partial charge in [-0.05, 0) is 36.2 Å². The first-order valence-electron chi connectivity index (χ1n) is 10.7. The van der Waals surface area contributed by atoms with Gasteiger partial charge in [-0.3, -0.25) is 4.79 Å². The third-order valence-corrected chi connectivity index (χ3v) is 5.18. The summed E-state index contributed by atoms with van der Waals surface area (Å²) in [6.07, 6.45) is 4.68. The Morgan fingerprint density at radius 2 is 1.94 bits per heavy atom. The molecule has 0 fully saturated rings. The van der Waals surface area contributed by atoms with Crippen LogP contribution in [0.4, 0.5) is 5.82 Å². The van der Waals surface area contributed by atoms with Gasteiger partial charge >= 0.3 is 0 Å². The summed E-state index contributed by atoms with van der Waals surface area (Å²) in [5, 5.41) is 7.48. The van der Waals surface area contributed by atoms with Gasteiger partial charge < -0.3 is 15.8 Å². The molecule has 0 unspecified atom stereocenters. The minimum Gasteiger partial charge on any atom is -0.497 e. The van der Waals surface area contributed by atoms with E-state index in [2.05, 4.69) is 22.3 Å². The lowest BCUT2D eigenvalue weighted by molar-refractivity contribution is 0.0955. The summed E-state index contributed by atoms with van der Waals surface area (Å²) in [6, 6.07) is 15.0. The lowest BCUT2D eigenvalue weighted by Gasteiger charge is -2.05. The van der Waals surface area contributed by atoms with Crippen molar-refractivity contribution < 1.29 is 9.53 Å². The quantitative estimate of drug-likeness (QED) is 0.325. The number of nitrogens with one attached hydrogen (secondary N) is 1. The molecule has 0 atom stereocenters. The number of ether oxygens (including phenoxy) is 1. The number of methoxy groups -OCH3 is 1. The van der Waals surface area contributed by atoms with Crippen LogP contribution in [0.3, 0.4) is 0 Å². The number of benzene rings is 2. The van der Waals surface area contributed by atoms with Crippen LogP contribution >= 0.6 is 0 Å². The van der Waals surface area contributed by atoms with E-state index < -0.39 is 0 Å². The number of amides is 1. The number of carbonyl (C=O) groups is 1. The molecule has 2 aromatic carbocycles. The van der Waals surface area contributed by atoms with E-state index in [1.165, 1.54) is 4.68 Å². The molecule has 0 saturated heterocycles. The van der Waals surface area contributed by atoms with Gasteiger partial charge in [-0.15, -0.1) is 0 Å². The summed E-state index contributed by atoms with van der Waals surface area (Å²) in [7, 11) is 1.61. The third kappa shape index (κ3) is 4.25. The van der Waals surface area contributed by atoms with Crippen molar-refractivity contribution >= 4 is 40.1 Å². The summed E-state index contributed by atoms with van der Waals surface area (Å²) in [4.78, 5) is 22.4. The maximum absolute atomic E-state index is 13.0. The van der Waals surface area contributed by atoms with Gasteiger partial charge in [0.1, 0.15) is 22.6 Å². The molecule has 3 N–H and O–H groups in total. The third-order valence-electron chi connectivity index (χ3n) is 5.18. The zero-order valence-corrected chi connectivity index (χ0v) is 18.2. The maximum atomic E-state index is 13.0. The standard InChI is InChI=1S/C24H26N6O2/c1-3-4-7-13-26-24(31)20-21-23(29-19-12-6-5-11-18(19)28-21)30(22(20)25)27-15-16-9-8-10-17(14-16)32-2/h5-6,8-12,14-15H,3-4,7,13,25H2,1-2H3,(H,26,31)/b27-15+. The number of fused-ring (bicyclic) bond motifs is 2. The first-order chi connectivity index (χ1) is 15.6. The number of para-hydroxylation sites is 2. The number of carbonyl (C=O) groups excluding carboxylic acids is 1. The van der Waals surface area contributed by atoms with E-state index in [1.54, 1.807) is 13.3 Å². The highest BCUT2D eigenvalue weighted by molar-refractivity contribution is 6.10. The lowest BCUT2D eigenvalue weighted by Crippen LogP contribution is -2.25. The highest BCUT2D eigenvalue weighted by atomic mass is 16.5. The van der Waals surface area contributed by atoms with Gasteiger partial charge in [-0.2, -0.15) is 9.78 Å². The molecule has 0 bridgehead atoms. The molecular formula is C24H26N6O2. The Labute approximate surface area is 186 Å². The van der Waals surface area contributed by atoms with E-state index in [1.807, 2.05) is 48.5 Å². The molecule has 8 heteroatoms. The Morgan fingerprint density at radius 1 is 1.16 bits per heavy atom. The van der Waals surface area contributed by atoms with Crippen LogP contribution in [0.1, 0.15) is 42.1 Å². The number of hydrogen-bond donors (Lipinski definition) is 2. The molecule has 0 spiro atoms. The van der Waals surface area contributed by atoms with E-state index in [4.69, 9.17) is 15.5 Å². The van der Waals surface area contributed by atoms with Crippen LogP contribution in [0.15, 0.2) is 53.6 Å². The first kappa shape index (κ1) is 21.3. The summed E-state index contributed by atoms with van der Waals surface area (Å²) in [5.74, 6) is 0.642. The van der Waals surface area contributed by atoms with Crippen LogP contribution in [-0.2, 0) is 0 Å². The number of unbranched alkanes of at least 4 members (excludes halogenated alkanes) is 2. The lowest BCUT2D eigenvalue weighted by atomic mass is 10.2. The van der Waals surface area contributed by atoms with Crippen LogP contribution in [0.25, 0.3) is 22.2 Å². The van der Waals surface area contributed by atoms with Gasteiger partial charge in [0.25, 0.3) is 5.91 Å². The number of rotatable bonds is 8. The fraction of sp³-hybridized carbons (Fsp3) is 0.250. The largest absolute Gasteiger partial charge is 0.497 e. The number of nitrogens with two attached hydrogens (primary N) is 1. The van der Waals surface area contributed by atoms with Gasteiger partial charge in [-0.1, -0.05) is 44.0 Å². The highest BCUT2D eigenvalue weighted by Crippen LogP contribution is 2.28. The van der Waals surface area contributed by atoms with Gasteiger partial charge in [0.15, 0.2) is 5.65 Å². The number of nitrogens with zero attached hydrogens (tertiary/aromatic N) is 4. The molecule has 2 aromatic heterocycles. The molecule has 0 saturated carbocycles. The Morgan fingerprint density at radius 3 is 2.69 bits per heavy atom. The van der Waals surface area contributed by atoms with Crippen molar-refractivity contribution in [2.45, 2.75) is 26.2 Å². The van der Waals surface area contributed by atoms with E-state index in [-0.39, 0.29) is 17.3 Å². The first-order valence-corrected chi connectivity index (χ1v) is 10.7. The second kappa shape index (κ2) is 9.47. The highest BCUT2D eigenvalue weighted by Gasteiger charge is 2.23. The second-order valence-electron chi connectivity index (χ2n) is 7.44. The van der Waals surface area contributed by atoms with Gasteiger partial charge in [-0.25, -0.2) is 9.97 Å². The molecule has 0 aliphatic carbocycles. The van der Waals surface area contributed by atoms with Crippen molar-refractivity contribution in [1.29, 1.82) is 0 Å². The fourth-order valence-corrected chi connectivity index (χ4v) is 3.50. The van der Waals surface area contributed by atoms with E-state index in [0.717, 1.165) is 30.6 Å². The maximum Gasteiger partial charge on any atom is 0.257 e. The molecule has 32 heavy (non-hydrogen) atoms. The van der Waals surface area contributed by atoms with E-state index >= 15 is 0 Å². The van der Waals surface area contributed by atoms with Crippen molar-refractivity contribution in [1.82, 2.24) is 20.0 Å². The topological polar surface area (TPSA) is 107 Å². The SMILES string of the molecule is CCCCCNC(=O)c1c(N)n(/N=C/c2cccc(OC)c2)c2nc3ccccc3nc12. The van der Waals surface area contributed by atoms with Crippen molar-refractivity contribution in [3.8, 4) is 5.75 Å². The van der Waals surface area contributed by atoms with Crippen molar-refractivity contribution in [2.75, 3.05) is 19.4 Å². The van der Waals surface area contributed by atoms with Gasteiger partial charge in [0.05, 0.1) is 24.4 Å². The molecule has 164 valence electrons. The van der Waals surface area contributed by atoms with Crippen molar-refractivity contribution in [3.63, 3.8) is 0 Å². The normalized spacial score (nSPS) is 11.4. The Balaban J connectivity index is 1.80. The smallest absolute Gasteiger partial charge is 0.257 e. The second-order valence-corrected chi connectivity index (χ2v) is 7.44. The van der Waals surface area contributed by atoms with Crippen molar-refractivity contribution in [2.24, 2.45) is 5.10 Å². The van der Waals surface area contributed by atoms with E-state index in [9.17, 15) is 4.79 Å². The predicted molar refractivity (Wildman–Crippen MR) is 127 cm³/mol. The number of nitrogen functional groups attached to an aromatic ring is 1. The summed E-state index contributed by atoms with van der Waals surface area (Å²) in [5.41, 5.74) is 9.77. The van der Waals surface area contributed by atoms with Crippen LogP contribution in [0.2, 0.25) is 0 Å². The summed E-state index contributed by atoms with van der Waals surface area (Å²) >= 11 is 0. The molecule has 2 heterocycles. The van der Waals surface area contributed by atoms with Crippen LogP contribution in [-0.4, -0.2) is 40.4 Å². The summed E-state index contributed by atoms with van der Waals surface area (Å²) < 4.78 is 6.74. The van der Waals surface area contributed by atoms with E-state index in [0.29, 0.717) is 28.7 Å². The monoisotopic (exact) mass is 430 g/mol. The van der Waals surface area contributed by atoms with Crippen LogP contribution in [0, 0.1) is 0 Å². The minimum absolute atomic E-state index is 0.197. The predicted octanol–water partition coefficient (Wildman–Crippen LogP) is 3.98. The van der Waals surface area contributed by atoms with Crippen molar-refractivity contribution in [3.05, 3.63) is 59.7 Å². The summed E-state index contributed by atoms with van der Waals surface area (Å²) in [6.45, 7) is 2.70. The zero-order chi connectivity index (χ0) is 22.5. The number of hydrogen-bond acceptors (Lipinski definition) is 6. The molecule has 8 nitrogen and oxygen atoms in total. The molecule has 0 aliphatic rings. The van der Waals surface area contributed by atoms with Gasteiger partial charge in [0.2, 0.25) is 0 Å². The molecular weight excluding hydrogens is 404 g/mol. The number of anilines is 1. The molecule has 0 radical (unpaired) electrons. The molecule has 4 rings (SSSR count). The Bertz CT molecular complexity index is 1290. The minimum atomic E-state index is -0.275. The Hall–Kier alpha value is -3.94. The average Bonchev–Trinajstić information content (AvgIpc) is 3.09. The zero-order valence-electron chi connectivity index (χ0n) is 18.2. The molecule has 0 aliphatic heterocycles. The fourth-order valence-electron chi connectivity index (χ4n) is 3.50. The molecule has 1 amide bonds. The molecule has 4 aromatic rings. The number of aromatic nitrogens is 3. The van der Waals surface area contributed by atoms with Crippen LogP contribution < -0.4 is 15.8 Å².